The highest BCUT2D eigenvalue weighted by atomic mass is 32.2. The molecule has 0 atom stereocenters. The Kier molecular flexibility index (Phi) is 10.3. The number of carbonyl (C=O) groups is 2. The van der Waals surface area contributed by atoms with Crippen molar-refractivity contribution >= 4 is 43.5 Å². The highest BCUT2D eigenvalue weighted by Gasteiger charge is 2.24. The Labute approximate surface area is 226 Å². The van der Waals surface area contributed by atoms with Crippen LogP contribution < -0.4 is 4.80 Å². The van der Waals surface area contributed by atoms with Gasteiger partial charge in [-0.3, -0.25) is 9.59 Å². The van der Waals surface area contributed by atoms with E-state index in [1.807, 2.05) is 26.0 Å². The van der Waals surface area contributed by atoms with Crippen LogP contribution in [0.4, 0.5) is 0 Å². The van der Waals surface area contributed by atoms with Crippen molar-refractivity contribution in [2.24, 2.45) is 4.99 Å². The SMILES string of the molecule is CCOC(=O)Cn1c(=NC(=O)c2ccc(S(=O)(=O)N(CCOC)CCOC)cc2)sc2cc(C)c(C)cc21. The minimum absolute atomic E-state index is 0.0476. The van der Waals surface area contributed by atoms with Gasteiger partial charge in [0.25, 0.3) is 5.91 Å². The van der Waals surface area contributed by atoms with E-state index in [0.29, 0.717) is 4.80 Å². The molecule has 0 saturated heterocycles. The zero-order valence-corrected chi connectivity index (χ0v) is 23.9. The minimum atomic E-state index is -3.82. The van der Waals surface area contributed by atoms with Crippen LogP contribution in [0, 0.1) is 13.8 Å². The van der Waals surface area contributed by atoms with Crippen molar-refractivity contribution < 1.29 is 32.2 Å². The van der Waals surface area contributed by atoms with Gasteiger partial charge in [-0.2, -0.15) is 9.30 Å². The smallest absolute Gasteiger partial charge is 0.326 e. The van der Waals surface area contributed by atoms with Crippen molar-refractivity contribution in [1.82, 2.24) is 8.87 Å². The molecule has 0 radical (unpaired) electrons. The van der Waals surface area contributed by atoms with Crippen molar-refractivity contribution in [2.75, 3.05) is 47.1 Å². The molecule has 0 fully saturated rings. The van der Waals surface area contributed by atoms with Crippen molar-refractivity contribution in [3.63, 3.8) is 0 Å². The van der Waals surface area contributed by atoms with Crippen molar-refractivity contribution in [3.05, 3.63) is 57.9 Å². The van der Waals surface area contributed by atoms with Crippen LogP contribution in [0.25, 0.3) is 10.2 Å². The second-order valence-electron chi connectivity index (χ2n) is 8.51. The van der Waals surface area contributed by atoms with Crippen molar-refractivity contribution in [1.29, 1.82) is 0 Å². The third-order valence-corrected chi connectivity index (χ3v) is 8.87. The molecule has 3 rings (SSSR count). The average molecular weight is 564 g/mol. The van der Waals surface area contributed by atoms with Gasteiger partial charge < -0.3 is 18.8 Å². The molecule has 0 aliphatic heterocycles. The molecule has 1 heterocycles. The number of carbonyl (C=O) groups excluding carboxylic acids is 2. The summed E-state index contributed by atoms with van der Waals surface area (Å²) >= 11 is 1.30. The third-order valence-electron chi connectivity index (χ3n) is 5.92. The predicted molar refractivity (Wildman–Crippen MR) is 145 cm³/mol. The lowest BCUT2D eigenvalue weighted by molar-refractivity contribution is -0.143. The third kappa shape index (κ3) is 6.94. The quantitative estimate of drug-likeness (QED) is 0.311. The van der Waals surface area contributed by atoms with Gasteiger partial charge in [0, 0.05) is 32.9 Å². The number of fused-ring (bicyclic) bond motifs is 1. The lowest BCUT2D eigenvalue weighted by Gasteiger charge is -2.21. The van der Waals surface area contributed by atoms with Crippen molar-refractivity contribution in [3.8, 4) is 0 Å². The minimum Gasteiger partial charge on any atom is -0.465 e. The van der Waals surface area contributed by atoms with Crippen LogP contribution in [0.3, 0.4) is 0 Å². The number of sulfonamides is 1. The summed E-state index contributed by atoms with van der Waals surface area (Å²) in [4.78, 5) is 30.1. The molecular formula is C26H33N3O7S2. The molecule has 0 aliphatic carbocycles. The van der Waals surface area contributed by atoms with Gasteiger partial charge in [-0.1, -0.05) is 11.3 Å². The highest BCUT2D eigenvalue weighted by Crippen LogP contribution is 2.22. The van der Waals surface area contributed by atoms with Gasteiger partial charge in [0.2, 0.25) is 10.0 Å². The molecule has 0 spiro atoms. The first-order valence-corrected chi connectivity index (χ1v) is 14.3. The van der Waals surface area contributed by atoms with Crippen LogP contribution in [-0.2, 0) is 35.6 Å². The van der Waals surface area contributed by atoms with E-state index in [9.17, 15) is 18.0 Å². The van der Waals surface area contributed by atoms with Crippen LogP contribution in [0.15, 0.2) is 46.3 Å². The van der Waals surface area contributed by atoms with Crippen LogP contribution in [-0.4, -0.2) is 76.3 Å². The van der Waals surface area contributed by atoms with Gasteiger partial charge >= 0.3 is 5.97 Å². The van der Waals surface area contributed by atoms with E-state index in [2.05, 4.69) is 4.99 Å². The van der Waals surface area contributed by atoms with Crippen LogP contribution >= 0.6 is 11.3 Å². The fourth-order valence-corrected chi connectivity index (χ4v) is 6.22. The summed E-state index contributed by atoms with van der Waals surface area (Å²) in [5, 5.41) is 0. The molecule has 0 unspecified atom stereocenters. The second kappa shape index (κ2) is 13.3. The summed E-state index contributed by atoms with van der Waals surface area (Å²) in [5.41, 5.74) is 3.14. The van der Waals surface area contributed by atoms with Crippen molar-refractivity contribution in [2.45, 2.75) is 32.2 Å². The first kappa shape index (κ1) is 29.7. The van der Waals surface area contributed by atoms with E-state index >= 15 is 0 Å². The Morgan fingerprint density at radius 2 is 1.61 bits per heavy atom. The molecule has 3 aromatic rings. The Morgan fingerprint density at radius 1 is 1.00 bits per heavy atom. The number of amides is 1. The Morgan fingerprint density at radius 3 is 2.18 bits per heavy atom. The van der Waals surface area contributed by atoms with E-state index in [4.69, 9.17) is 14.2 Å². The number of esters is 1. The topological polar surface area (TPSA) is 117 Å². The summed E-state index contributed by atoms with van der Waals surface area (Å²) in [7, 11) is -0.819. The second-order valence-corrected chi connectivity index (χ2v) is 11.5. The Bertz CT molecular complexity index is 1450. The molecule has 206 valence electrons. The molecule has 1 amide bonds. The number of hydrogen-bond acceptors (Lipinski definition) is 8. The molecule has 1 aromatic heterocycles. The van der Waals surface area contributed by atoms with Gasteiger partial charge in [0.05, 0.1) is 34.9 Å². The van der Waals surface area contributed by atoms with Crippen LogP contribution in [0.1, 0.15) is 28.4 Å². The number of aryl methyl sites for hydroxylation is 2. The maximum absolute atomic E-state index is 13.1. The van der Waals surface area contributed by atoms with Gasteiger partial charge in [-0.15, -0.1) is 0 Å². The standard InChI is InChI=1S/C26H33N3O7S2/c1-6-36-24(30)17-29-22-15-18(2)19(3)16-23(22)37-26(29)27-25(31)20-7-9-21(10-8-20)38(32,33)28(11-13-34-4)12-14-35-5/h7-10,15-16H,6,11-14,17H2,1-5H3. The molecule has 0 aliphatic rings. The molecular weight excluding hydrogens is 530 g/mol. The van der Waals surface area contributed by atoms with E-state index in [1.54, 1.807) is 11.5 Å². The van der Waals surface area contributed by atoms with Gasteiger partial charge in [0.1, 0.15) is 6.54 Å². The van der Waals surface area contributed by atoms with Gasteiger partial charge in [0.15, 0.2) is 4.80 Å². The molecule has 0 saturated carbocycles. The van der Waals surface area contributed by atoms with E-state index in [1.165, 1.54) is 54.1 Å². The van der Waals surface area contributed by atoms with Crippen LogP contribution in [0.2, 0.25) is 0 Å². The number of benzene rings is 2. The molecule has 0 bridgehead atoms. The number of methoxy groups -OCH3 is 2. The molecule has 12 heteroatoms. The summed E-state index contributed by atoms with van der Waals surface area (Å²) in [5.74, 6) is -0.984. The highest BCUT2D eigenvalue weighted by molar-refractivity contribution is 7.89. The maximum atomic E-state index is 13.1. The number of nitrogens with zero attached hydrogens (tertiary/aromatic N) is 3. The predicted octanol–water partition coefficient (Wildman–Crippen LogP) is 2.91. The van der Waals surface area contributed by atoms with E-state index in [-0.39, 0.29) is 49.9 Å². The number of ether oxygens (including phenoxy) is 3. The Balaban J connectivity index is 1.96. The number of rotatable bonds is 12. The monoisotopic (exact) mass is 563 g/mol. The molecule has 38 heavy (non-hydrogen) atoms. The normalized spacial score (nSPS) is 12.4. The van der Waals surface area contributed by atoms with E-state index < -0.39 is 21.9 Å². The fourth-order valence-electron chi connectivity index (χ4n) is 3.70. The lowest BCUT2D eigenvalue weighted by atomic mass is 10.1. The Hall–Kier alpha value is -2.90. The number of thiazole rings is 1. The van der Waals surface area contributed by atoms with Crippen LogP contribution in [0.5, 0.6) is 0 Å². The number of hydrogen-bond donors (Lipinski definition) is 0. The summed E-state index contributed by atoms with van der Waals surface area (Å²) in [6.07, 6.45) is 0. The average Bonchev–Trinajstić information content (AvgIpc) is 3.19. The zero-order chi connectivity index (χ0) is 27.9. The largest absolute Gasteiger partial charge is 0.465 e. The summed E-state index contributed by atoms with van der Waals surface area (Å²) in [6, 6.07) is 9.59. The molecule has 0 N–H and O–H groups in total. The summed E-state index contributed by atoms with van der Waals surface area (Å²) in [6.45, 7) is 6.67. The van der Waals surface area contributed by atoms with E-state index in [0.717, 1.165) is 21.3 Å². The first-order chi connectivity index (χ1) is 18.1. The fraction of sp³-hybridized carbons (Fsp3) is 0.423. The lowest BCUT2D eigenvalue weighted by Crippen LogP contribution is -2.36. The molecule has 2 aromatic carbocycles. The number of aromatic nitrogens is 1. The zero-order valence-electron chi connectivity index (χ0n) is 22.2. The first-order valence-electron chi connectivity index (χ1n) is 12.1. The molecule has 10 nitrogen and oxygen atoms in total. The van der Waals surface area contributed by atoms with Gasteiger partial charge in [-0.25, -0.2) is 8.42 Å². The maximum Gasteiger partial charge on any atom is 0.326 e. The summed E-state index contributed by atoms with van der Waals surface area (Å²) < 4.78 is 45.3. The van der Waals surface area contributed by atoms with Gasteiger partial charge in [-0.05, 0) is 68.3 Å².